The molecule has 0 amide bonds. The maximum Gasteiger partial charge on any atom is 0.303 e. The molecule has 0 radical (unpaired) electrons. The van der Waals surface area contributed by atoms with E-state index in [-0.39, 0.29) is 12.3 Å². The van der Waals surface area contributed by atoms with Crippen molar-refractivity contribution in [3.8, 4) is 0 Å². The predicted molar refractivity (Wildman–Crippen MR) is 66.8 cm³/mol. The van der Waals surface area contributed by atoms with E-state index in [0.29, 0.717) is 5.02 Å². The second-order valence-corrected chi connectivity index (χ2v) is 4.49. The Balaban J connectivity index is 3.04. The Kier molecular flexibility index (Phi) is 4.13. The van der Waals surface area contributed by atoms with Crippen LogP contribution in [-0.4, -0.2) is 11.1 Å². The van der Waals surface area contributed by atoms with Crippen molar-refractivity contribution in [1.82, 2.24) is 0 Å². The largest absolute Gasteiger partial charge is 0.481 e. The molecule has 0 aliphatic rings. The summed E-state index contributed by atoms with van der Waals surface area (Å²) in [5, 5.41) is 9.36. The summed E-state index contributed by atoms with van der Waals surface area (Å²) in [7, 11) is 0. The lowest BCUT2D eigenvalue weighted by atomic mass is 9.95. The van der Waals surface area contributed by atoms with Gasteiger partial charge in [-0.25, -0.2) is 0 Å². The monoisotopic (exact) mass is 238 g/mol. The van der Waals surface area contributed by atoms with Gasteiger partial charge in [0.25, 0.3) is 0 Å². The second kappa shape index (κ2) is 5.17. The fraction of sp³-hybridized carbons (Fsp3) is 0.308. The first-order valence-corrected chi connectivity index (χ1v) is 5.46. The van der Waals surface area contributed by atoms with E-state index in [2.05, 4.69) is 6.58 Å². The van der Waals surface area contributed by atoms with Crippen molar-refractivity contribution >= 4 is 23.1 Å². The molecule has 0 saturated heterocycles. The van der Waals surface area contributed by atoms with Crippen LogP contribution in [-0.2, 0) is 4.79 Å². The second-order valence-electron chi connectivity index (χ2n) is 4.05. The van der Waals surface area contributed by atoms with E-state index >= 15 is 0 Å². The summed E-state index contributed by atoms with van der Waals surface area (Å²) in [5.74, 6) is -0.848. The first kappa shape index (κ1) is 12.8. The first-order valence-electron chi connectivity index (χ1n) is 5.08. The summed E-state index contributed by atoms with van der Waals surface area (Å²) in [4.78, 5) is 10.6. The number of carbonyl (C=O) groups is 1. The molecule has 0 fully saturated rings. The van der Waals surface area contributed by atoms with Crippen molar-refractivity contribution in [1.29, 1.82) is 0 Å². The van der Waals surface area contributed by atoms with Crippen molar-refractivity contribution in [2.75, 3.05) is 0 Å². The average molecular weight is 239 g/mol. The normalized spacial score (nSPS) is 12.2. The molecule has 0 heterocycles. The van der Waals surface area contributed by atoms with Crippen LogP contribution in [0.2, 0.25) is 5.02 Å². The summed E-state index contributed by atoms with van der Waals surface area (Å²) < 4.78 is 0. The SMILES string of the molecule is C=C(C)c1cc(Cl)cc(C(C)CC(=O)O)c1. The fourth-order valence-electron chi connectivity index (χ4n) is 1.52. The van der Waals surface area contributed by atoms with Crippen LogP contribution in [0.1, 0.15) is 37.3 Å². The highest BCUT2D eigenvalue weighted by Crippen LogP contribution is 2.26. The summed E-state index contributed by atoms with van der Waals surface area (Å²) in [5.41, 5.74) is 2.82. The molecule has 3 heteroatoms. The van der Waals surface area contributed by atoms with Gasteiger partial charge in [0.2, 0.25) is 0 Å². The van der Waals surface area contributed by atoms with E-state index in [1.807, 2.05) is 32.0 Å². The maximum absolute atomic E-state index is 10.6. The van der Waals surface area contributed by atoms with Crippen molar-refractivity contribution in [2.24, 2.45) is 0 Å². The number of hydrogen-bond acceptors (Lipinski definition) is 1. The average Bonchev–Trinajstić information content (AvgIpc) is 2.15. The Morgan fingerprint density at radius 2 is 2.12 bits per heavy atom. The van der Waals surface area contributed by atoms with Gasteiger partial charge in [-0.15, -0.1) is 0 Å². The summed E-state index contributed by atoms with van der Waals surface area (Å²) in [6.07, 6.45) is 0.107. The fourth-order valence-corrected chi connectivity index (χ4v) is 1.77. The summed E-state index contributed by atoms with van der Waals surface area (Å²) in [6, 6.07) is 5.59. The zero-order valence-corrected chi connectivity index (χ0v) is 10.2. The van der Waals surface area contributed by atoms with Gasteiger partial charge in [-0.2, -0.15) is 0 Å². The lowest BCUT2D eigenvalue weighted by molar-refractivity contribution is -0.137. The smallest absolute Gasteiger partial charge is 0.303 e. The molecular weight excluding hydrogens is 224 g/mol. The van der Waals surface area contributed by atoms with E-state index in [1.165, 1.54) is 0 Å². The number of benzene rings is 1. The molecule has 1 aromatic carbocycles. The van der Waals surface area contributed by atoms with E-state index in [0.717, 1.165) is 16.7 Å². The number of carboxylic acids is 1. The topological polar surface area (TPSA) is 37.3 Å². The van der Waals surface area contributed by atoms with Crippen LogP contribution >= 0.6 is 11.6 Å². The quantitative estimate of drug-likeness (QED) is 0.862. The molecule has 1 N–H and O–H groups in total. The number of carboxylic acid groups (broad SMARTS) is 1. The third-order valence-corrected chi connectivity index (χ3v) is 2.68. The van der Waals surface area contributed by atoms with Gasteiger partial charge in [0.1, 0.15) is 0 Å². The third-order valence-electron chi connectivity index (χ3n) is 2.46. The predicted octanol–water partition coefficient (Wildman–Crippen LogP) is 3.95. The van der Waals surface area contributed by atoms with Gasteiger partial charge in [-0.3, -0.25) is 4.79 Å². The van der Waals surface area contributed by atoms with E-state index in [4.69, 9.17) is 16.7 Å². The van der Waals surface area contributed by atoms with Crippen LogP contribution in [0.25, 0.3) is 5.57 Å². The van der Waals surface area contributed by atoms with Gasteiger partial charge in [-0.05, 0) is 36.1 Å². The molecule has 0 aromatic heterocycles. The summed E-state index contributed by atoms with van der Waals surface area (Å²) in [6.45, 7) is 7.63. The highest BCUT2D eigenvalue weighted by Gasteiger charge is 2.11. The highest BCUT2D eigenvalue weighted by molar-refractivity contribution is 6.30. The molecule has 2 nitrogen and oxygen atoms in total. The van der Waals surface area contributed by atoms with Crippen molar-refractivity contribution in [3.63, 3.8) is 0 Å². The zero-order chi connectivity index (χ0) is 12.3. The Bertz CT molecular complexity index is 424. The molecule has 0 aliphatic carbocycles. The van der Waals surface area contributed by atoms with Crippen LogP contribution in [0.15, 0.2) is 24.8 Å². The van der Waals surface area contributed by atoms with Gasteiger partial charge in [-0.1, -0.05) is 36.7 Å². The van der Waals surface area contributed by atoms with Gasteiger partial charge in [0, 0.05) is 5.02 Å². The van der Waals surface area contributed by atoms with Gasteiger partial charge in [0.05, 0.1) is 6.42 Å². The maximum atomic E-state index is 10.6. The minimum absolute atomic E-state index is 0.0469. The minimum Gasteiger partial charge on any atom is -0.481 e. The standard InChI is InChI=1S/C13H15ClO2/c1-8(2)10-5-11(7-12(14)6-10)9(3)4-13(15)16/h5-7,9H,1,4H2,2-3H3,(H,15,16). The van der Waals surface area contributed by atoms with E-state index < -0.39 is 5.97 Å². The lowest BCUT2D eigenvalue weighted by Crippen LogP contribution is -2.03. The Morgan fingerprint density at radius 1 is 1.50 bits per heavy atom. The molecule has 1 aromatic rings. The van der Waals surface area contributed by atoms with Gasteiger partial charge < -0.3 is 5.11 Å². The van der Waals surface area contributed by atoms with Crippen molar-refractivity contribution in [3.05, 3.63) is 40.9 Å². The molecule has 1 atom stereocenters. The lowest BCUT2D eigenvalue weighted by Gasteiger charge is -2.12. The molecule has 0 spiro atoms. The molecule has 1 unspecified atom stereocenters. The molecule has 86 valence electrons. The van der Waals surface area contributed by atoms with E-state index in [1.54, 1.807) is 0 Å². The number of hydrogen-bond donors (Lipinski definition) is 1. The van der Waals surface area contributed by atoms with Crippen LogP contribution in [0, 0.1) is 0 Å². The van der Waals surface area contributed by atoms with Crippen molar-refractivity contribution in [2.45, 2.75) is 26.2 Å². The Hall–Kier alpha value is -1.28. The third kappa shape index (κ3) is 3.38. The number of allylic oxidation sites excluding steroid dienone is 1. The molecule has 1 rings (SSSR count). The molecule has 0 bridgehead atoms. The Morgan fingerprint density at radius 3 is 2.62 bits per heavy atom. The van der Waals surface area contributed by atoms with Gasteiger partial charge >= 0.3 is 5.97 Å². The number of halogens is 1. The highest BCUT2D eigenvalue weighted by atomic mass is 35.5. The molecule has 0 saturated carbocycles. The molecule has 16 heavy (non-hydrogen) atoms. The number of aliphatic carboxylic acids is 1. The minimum atomic E-state index is -0.802. The van der Waals surface area contributed by atoms with Crippen LogP contribution in [0.5, 0.6) is 0 Å². The number of rotatable bonds is 4. The summed E-state index contributed by atoms with van der Waals surface area (Å²) >= 11 is 5.99. The van der Waals surface area contributed by atoms with E-state index in [9.17, 15) is 4.79 Å². The Labute approximate surface area is 101 Å². The molecule has 0 aliphatic heterocycles. The zero-order valence-electron chi connectivity index (χ0n) is 9.46. The van der Waals surface area contributed by atoms with Crippen LogP contribution in [0.3, 0.4) is 0 Å². The van der Waals surface area contributed by atoms with Crippen LogP contribution < -0.4 is 0 Å². The first-order chi connectivity index (χ1) is 7.40. The molecular formula is C13H15ClO2. The van der Waals surface area contributed by atoms with Crippen LogP contribution in [0.4, 0.5) is 0 Å². The van der Waals surface area contributed by atoms with Gasteiger partial charge in [0.15, 0.2) is 0 Å². The van der Waals surface area contributed by atoms with Crippen molar-refractivity contribution < 1.29 is 9.90 Å².